The van der Waals surface area contributed by atoms with Gasteiger partial charge in [0.15, 0.2) is 5.78 Å². The van der Waals surface area contributed by atoms with Crippen molar-refractivity contribution in [3.8, 4) is 6.07 Å². The smallest absolute Gasteiger partial charge is 0.184 e. The Morgan fingerprint density at radius 3 is 2.24 bits per heavy atom. The summed E-state index contributed by atoms with van der Waals surface area (Å²) in [4.78, 5) is 14.6. The lowest BCUT2D eigenvalue weighted by atomic mass is 10.0. The average molecular weight is 278 g/mol. The molecular weight excluding hydrogens is 260 g/mol. The number of rotatable bonds is 6. The summed E-state index contributed by atoms with van der Waals surface area (Å²) < 4.78 is 0. The molecule has 0 aromatic heterocycles. The number of hydrogen-bond donors (Lipinski definition) is 0. The van der Waals surface area contributed by atoms with E-state index in [9.17, 15) is 4.79 Å². The largest absolute Gasteiger partial charge is 0.360 e. The molecule has 0 bridgehead atoms. The molecule has 0 radical (unpaired) electrons. The van der Waals surface area contributed by atoms with Gasteiger partial charge in [0.25, 0.3) is 0 Å². The molecule has 2 rings (SSSR count). The zero-order valence-electron chi connectivity index (χ0n) is 12.1. The Bertz CT molecular complexity index is 617. The molecule has 3 heteroatoms. The van der Waals surface area contributed by atoms with Gasteiger partial charge >= 0.3 is 0 Å². The van der Waals surface area contributed by atoms with Crippen molar-refractivity contribution in [2.45, 2.75) is 19.4 Å². The molecule has 0 saturated carbocycles. The quantitative estimate of drug-likeness (QED) is 0.757. The number of carbonyl (C=O) groups excluding carboxylic acids is 1. The van der Waals surface area contributed by atoms with Crippen molar-refractivity contribution in [2.24, 2.45) is 0 Å². The molecule has 2 aromatic carbocycles. The van der Waals surface area contributed by atoms with Crippen LogP contribution in [0.25, 0.3) is 0 Å². The van der Waals surface area contributed by atoms with Gasteiger partial charge in [-0.3, -0.25) is 4.79 Å². The highest BCUT2D eigenvalue weighted by atomic mass is 16.1. The summed E-state index contributed by atoms with van der Waals surface area (Å²) in [5.74, 6) is 0.0670. The van der Waals surface area contributed by atoms with Crippen molar-refractivity contribution in [2.75, 3.05) is 11.4 Å². The molecule has 0 saturated heterocycles. The van der Waals surface area contributed by atoms with Crippen LogP contribution in [0.5, 0.6) is 0 Å². The van der Waals surface area contributed by atoms with Crippen molar-refractivity contribution in [3.05, 3.63) is 66.2 Å². The maximum absolute atomic E-state index is 12.6. The van der Waals surface area contributed by atoms with Crippen LogP contribution in [0.4, 0.5) is 5.69 Å². The Balaban J connectivity index is 2.24. The van der Waals surface area contributed by atoms with Crippen LogP contribution >= 0.6 is 0 Å². The van der Waals surface area contributed by atoms with Gasteiger partial charge in [-0.1, -0.05) is 48.5 Å². The number of hydrogen-bond acceptors (Lipinski definition) is 3. The monoisotopic (exact) mass is 278 g/mol. The summed E-state index contributed by atoms with van der Waals surface area (Å²) in [7, 11) is 0. The van der Waals surface area contributed by atoms with Crippen LogP contribution in [-0.2, 0) is 0 Å². The zero-order chi connectivity index (χ0) is 15.1. The van der Waals surface area contributed by atoms with Crippen LogP contribution in [-0.4, -0.2) is 18.4 Å². The highest BCUT2D eigenvalue weighted by molar-refractivity contribution is 6.01. The maximum atomic E-state index is 12.6. The third-order valence-electron chi connectivity index (χ3n) is 3.46. The summed E-state index contributed by atoms with van der Waals surface area (Å²) in [6.07, 6.45) is 0.390. The zero-order valence-corrected chi connectivity index (χ0v) is 12.1. The number of nitrogens with zero attached hydrogens (tertiary/aromatic N) is 2. The first-order valence-corrected chi connectivity index (χ1v) is 7.02. The number of benzene rings is 2. The van der Waals surface area contributed by atoms with Crippen molar-refractivity contribution >= 4 is 11.5 Å². The van der Waals surface area contributed by atoms with Gasteiger partial charge < -0.3 is 4.90 Å². The lowest BCUT2D eigenvalue weighted by molar-refractivity contribution is 0.0964. The lowest BCUT2D eigenvalue weighted by Gasteiger charge is -2.29. The van der Waals surface area contributed by atoms with Gasteiger partial charge in [0.2, 0.25) is 0 Å². The summed E-state index contributed by atoms with van der Waals surface area (Å²) in [5.41, 5.74) is 1.66. The first-order valence-electron chi connectivity index (χ1n) is 7.02. The number of para-hydroxylation sites is 1. The average Bonchev–Trinajstić information content (AvgIpc) is 2.56. The molecule has 0 N–H and O–H groups in total. The standard InChI is InChI=1S/C18H18N2O/c1-15(18(21)16-9-4-2-5-10-16)20(14-8-13-19)17-11-6-3-7-12-17/h2-7,9-12,15H,8,14H2,1H3. The van der Waals surface area contributed by atoms with Crippen molar-refractivity contribution in [1.29, 1.82) is 5.26 Å². The van der Waals surface area contributed by atoms with Gasteiger partial charge in [0.05, 0.1) is 18.5 Å². The molecule has 3 nitrogen and oxygen atoms in total. The fourth-order valence-corrected chi connectivity index (χ4v) is 2.32. The van der Waals surface area contributed by atoms with Crippen LogP contribution < -0.4 is 4.90 Å². The van der Waals surface area contributed by atoms with Gasteiger partial charge in [0, 0.05) is 17.8 Å². The lowest BCUT2D eigenvalue weighted by Crippen LogP contribution is -2.39. The summed E-state index contributed by atoms with van der Waals surface area (Å²) in [5, 5.41) is 8.84. The Labute approximate surface area is 125 Å². The molecule has 2 aromatic rings. The first-order chi connectivity index (χ1) is 10.2. The second kappa shape index (κ2) is 7.25. The molecule has 1 unspecified atom stereocenters. The van der Waals surface area contributed by atoms with Crippen LogP contribution in [0.15, 0.2) is 60.7 Å². The van der Waals surface area contributed by atoms with E-state index >= 15 is 0 Å². The van der Waals surface area contributed by atoms with E-state index < -0.39 is 0 Å². The number of ketones is 1. The van der Waals surface area contributed by atoms with E-state index in [0.717, 1.165) is 5.69 Å². The SMILES string of the molecule is CC(C(=O)c1ccccc1)N(CCC#N)c1ccccc1. The van der Waals surface area contributed by atoms with Gasteiger partial charge in [-0.05, 0) is 19.1 Å². The van der Waals surface area contributed by atoms with E-state index in [1.54, 1.807) is 0 Å². The Kier molecular flexibility index (Phi) is 5.11. The van der Waals surface area contributed by atoms with E-state index in [2.05, 4.69) is 6.07 Å². The molecular formula is C18H18N2O. The molecule has 0 heterocycles. The topological polar surface area (TPSA) is 44.1 Å². The second-order valence-corrected chi connectivity index (χ2v) is 4.84. The minimum absolute atomic E-state index is 0.0670. The molecule has 0 aliphatic rings. The predicted molar refractivity (Wildman–Crippen MR) is 84.3 cm³/mol. The highest BCUT2D eigenvalue weighted by Gasteiger charge is 2.22. The molecule has 1 atom stereocenters. The molecule has 0 aliphatic carbocycles. The summed E-state index contributed by atoms with van der Waals surface area (Å²) >= 11 is 0. The van der Waals surface area contributed by atoms with Crippen molar-refractivity contribution in [3.63, 3.8) is 0 Å². The van der Waals surface area contributed by atoms with E-state index in [1.165, 1.54) is 0 Å². The molecule has 21 heavy (non-hydrogen) atoms. The van der Waals surface area contributed by atoms with Gasteiger partial charge in [-0.25, -0.2) is 0 Å². The molecule has 0 fully saturated rings. The number of carbonyl (C=O) groups is 1. The van der Waals surface area contributed by atoms with Crippen molar-refractivity contribution in [1.82, 2.24) is 0 Å². The van der Waals surface area contributed by atoms with E-state index in [4.69, 9.17) is 5.26 Å². The molecule has 0 aliphatic heterocycles. The molecule has 106 valence electrons. The Morgan fingerprint density at radius 1 is 1.10 bits per heavy atom. The fraction of sp³-hybridized carbons (Fsp3) is 0.222. The molecule has 0 amide bonds. The Hall–Kier alpha value is -2.60. The van der Waals surface area contributed by atoms with Crippen molar-refractivity contribution < 1.29 is 4.79 Å². The van der Waals surface area contributed by atoms with Gasteiger partial charge in [-0.2, -0.15) is 5.26 Å². The van der Waals surface area contributed by atoms with E-state index in [1.807, 2.05) is 72.5 Å². The third-order valence-corrected chi connectivity index (χ3v) is 3.46. The van der Waals surface area contributed by atoms with Gasteiger partial charge in [-0.15, -0.1) is 0 Å². The number of nitriles is 1. The maximum Gasteiger partial charge on any atom is 0.184 e. The van der Waals surface area contributed by atoms with E-state index in [0.29, 0.717) is 18.5 Å². The summed E-state index contributed by atoms with van der Waals surface area (Å²) in [6, 6.07) is 20.9. The third kappa shape index (κ3) is 3.70. The number of anilines is 1. The highest BCUT2D eigenvalue weighted by Crippen LogP contribution is 2.19. The minimum atomic E-state index is -0.303. The Morgan fingerprint density at radius 2 is 1.67 bits per heavy atom. The van der Waals surface area contributed by atoms with E-state index in [-0.39, 0.29) is 11.8 Å². The second-order valence-electron chi connectivity index (χ2n) is 4.84. The van der Waals surface area contributed by atoms with Crippen LogP contribution in [0.3, 0.4) is 0 Å². The summed E-state index contributed by atoms with van der Waals surface area (Å²) in [6.45, 7) is 2.43. The minimum Gasteiger partial charge on any atom is -0.360 e. The first kappa shape index (κ1) is 14.8. The van der Waals surface area contributed by atoms with Crippen LogP contribution in [0.2, 0.25) is 0 Å². The fourth-order valence-electron chi connectivity index (χ4n) is 2.32. The predicted octanol–water partition coefficient (Wildman–Crippen LogP) is 3.68. The number of Topliss-reactive ketones (excluding diaryl/α,β-unsaturated/α-hetero) is 1. The van der Waals surface area contributed by atoms with Crippen LogP contribution in [0.1, 0.15) is 23.7 Å². The van der Waals surface area contributed by atoms with Gasteiger partial charge in [0.1, 0.15) is 0 Å². The normalized spacial score (nSPS) is 11.4. The van der Waals surface area contributed by atoms with Crippen LogP contribution in [0, 0.1) is 11.3 Å². The molecule has 0 spiro atoms.